The Balaban J connectivity index is 2.12. The zero-order chi connectivity index (χ0) is 13.0. The first-order valence-electron chi connectivity index (χ1n) is 6.86. The molecule has 2 rings (SSSR count). The van der Waals surface area contributed by atoms with Crippen LogP contribution in [0.5, 0.6) is 0 Å². The van der Waals surface area contributed by atoms with Gasteiger partial charge in [-0.3, -0.25) is 4.90 Å². The normalized spacial score (nSPS) is 25.8. The van der Waals surface area contributed by atoms with Gasteiger partial charge in [-0.15, -0.1) is 0 Å². The predicted molar refractivity (Wildman–Crippen MR) is 73.3 cm³/mol. The second-order valence-electron chi connectivity index (χ2n) is 5.36. The van der Waals surface area contributed by atoms with Crippen LogP contribution in [-0.2, 0) is 6.54 Å². The van der Waals surface area contributed by atoms with Crippen molar-refractivity contribution in [1.82, 2.24) is 9.80 Å². The van der Waals surface area contributed by atoms with Gasteiger partial charge in [0.1, 0.15) is 5.76 Å². The van der Waals surface area contributed by atoms with E-state index in [-0.39, 0.29) is 5.54 Å². The van der Waals surface area contributed by atoms with E-state index in [1.54, 1.807) is 6.26 Å². The fourth-order valence-electron chi connectivity index (χ4n) is 3.10. The van der Waals surface area contributed by atoms with E-state index in [9.17, 15) is 0 Å². The summed E-state index contributed by atoms with van der Waals surface area (Å²) in [5.41, 5.74) is 6.21. The van der Waals surface area contributed by atoms with Crippen LogP contribution < -0.4 is 5.73 Å². The fraction of sp³-hybridized carbons (Fsp3) is 0.714. The molecule has 0 amide bonds. The van der Waals surface area contributed by atoms with Crippen LogP contribution in [0.15, 0.2) is 22.8 Å². The highest BCUT2D eigenvalue weighted by Crippen LogP contribution is 2.27. The van der Waals surface area contributed by atoms with E-state index >= 15 is 0 Å². The zero-order valence-electron chi connectivity index (χ0n) is 11.6. The van der Waals surface area contributed by atoms with Crippen molar-refractivity contribution in [1.29, 1.82) is 0 Å². The first kappa shape index (κ1) is 13.6. The average molecular weight is 251 g/mol. The van der Waals surface area contributed by atoms with Crippen LogP contribution in [-0.4, -0.2) is 48.6 Å². The largest absolute Gasteiger partial charge is 0.468 e. The number of piperidine rings is 1. The first-order chi connectivity index (χ1) is 8.70. The van der Waals surface area contributed by atoms with E-state index in [1.165, 1.54) is 19.4 Å². The number of hydrogen-bond donors (Lipinski definition) is 1. The van der Waals surface area contributed by atoms with Crippen LogP contribution in [0.2, 0.25) is 0 Å². The van der Waals surface area contributed by atoms with Crippen molar-refractivity contribution in [3.05, 3.63) is 24.2 Å². The quantitative estimate of drug-likeness (QED) is 0.862. The molecule has 1 aliphatic rings. The molecule has 1 aromatic rings. The molecule has 1 unspecified atom stereocenters. The number of likely N-dealkylation sites (N-methyl/N-ethyl adjacent to an activating group) is 2. The molecule has 2 heterocycles. The lowest BCUT2D eigenvalue weighted by molar-refractivity contribution is 0.0193. The summed E-state index contributed by atoms with van der Waals surface area (Å²) < 4.78 is 5.48. The number of likely N-dealkylation sites (tertiary alicyclic amines) is 1. The Labute approximate surface area is 110 Å². The highest BCUT2D eigenvalue weighted by atomic mass is 16.3. The van der Waals surface area contributed by atoms with Gasteiger partial charge >= 0.3 is 0 Å². The molecule has 1 aromatic heterocycles. The Bertz CT molecular complexity index is 352. The minimum atomic E-state index is 0.106. The molecule has 1 fully saturated rings. The number of furan rings is 1. The highest BCUT2D eigenvalue weighted by molar-refractivity contribution is 5.03. The van der Waals surface area contributed by atoms with Gasteiger partial charge in [0.2, 0.25) is 0 Å². The monoisotopic (exact) mass is 251 g/mol. The fourth-order valence-corrected chi connectivity index (χ4v) is 3.10. The minimum absolute atomic E-state index is 0.106. The van der Waals surface area contributed by atoms with Crippen LogP contribution in [0.1, 0.15) is 25.5 Å². The zero-order valence-corrected chi connectivity index (χ0v) is 11.6. The number of hydrogen-bond acceptors (Lipinski definition) is 4. The standard InChI is InChI=1S/C14H25N3O/c1-3-17(10-13-6-4-9-18-13)14(11-15)7-5-8-16(2)12-14/h4,6,9H,3,5,7-8,10-12,15H2,1-2H3. The summed E-state index contributed by atoms with van der Waals surface area (Å²) in [4.78, 5) is 4.86. The summed E-state index contributed by atoms with van der Waals surface area (Å²) in [5.74, 6) is 1.03. The third kappa shape index (κ3) is 2.76. The molecule has 102 valence electrons. The lowest BCUT2D eigenvalue weighted by Gasteiger charge is -2.48. The second kappa shape index (κ2) is 5.87. The molecular formula is C14H25N3O. The molecule has 1 atom stereocenters. The van der Waals surface area contributed by atoms with E-state index < -0.39 is 0 Å². The van der Waals surface area contributed by atoms with Crippen LogP contribution >= 0.6 is 0 Å². The van der Waals surface area contributed by atoms with Gasteiger partial charge in [0.05, 0.1) is 12.8 Å². The Morgan fingerprint density at radius 1 is 1.56 bits per heavy atom. The Hall–Kier alpha value is -0.840. The van der Waals surface area contributed by atoms with Crippen molar-refractivity contribution in [2.24, 2.45) is 5.73 Å². The lowest BCUT2D eigenvalue weighted by Crippen LogP contribution is -2.61. The van der Waals surface area contributed by atoms with E-state index in [0.29, 0.717) is 6.54 Å². The van der Waals surface area contributed by atoms with Gasteiger partial charge in [0.15, 0.2) is 0 Å². The average Bonchev–Trinajstić information content (AvgIpc) is 2.88. The van der Waals surface area contributed by atoms with E-state index in [0.717, 1.165) is 25.4 Å². The van der Waals surface area contributed by atoms with Gasteiger partial charge < -0.3 is 15.1 Å². The molecule has 2 N–H and O–H groups in total. The smallest absolute Gasteiger partial charge is 0.117 e. The number of nitrogens with zero attached hydrogens (tertiary/aromatic N) is 2. The van der Waals surface area contributed by atoms with Crippen LogP contribution in [0, 0.1) is 0 Å². The maximum atomic E-state index is 6.11. The molecule has 18 heavy (non-hydrogen) atoms. The molecule has 0 aromatic carbocycles. The molecule has 0 aliphatic carbocycles. The molecule has 0 saturated carbocycles. The molecule has 0 spiro atoms. The molecule has 4 heteroatoms. The van der Waals surface area contributed by atoms with Crippen molar-refractivity contribution < 1.29 is 4.42 Å². The van der Waals surface area contributed by atoms with E-state index in [2.05, 4.69) is 23.8 Å². The van der Waals surface area contributed by atoms with Crippen LogP contribution in [0.25, 0.3) is 0 Å². The van der Waals surface area contributed by atoms with Crippen LogP contribution in [0.3, 0.4) is 0 Å². The Morgan fingerprint density at radius 2 is 2.39 bits per heavy atom. The van der Waals surface area contributed by atoms with E-state index in [1.807, 2.05) is 12.1 Å². The summed E-state index contributed by atoms with van der Waals surface area (Å²) in [6.45, 7) is 7.01. The van der Waals surface area contributed by atoms with Gasteiger partial charge in [-0.05, 0) is 45.1 Å². The van der Waals surface area contributed by atoms with Crippen molar-refractivity contribution in [3.8, 4) is 0 Å². The predicted octanol–water partition coefficient (Wildman–Crippen LogP) is 1.52. The van der Waals surface area contributed by atoms with Crippen LogP contribution in [0.4, 0.5) is 0 Å². The molecule has 0 radical (unpaired) electrons. The topological polar surface area (TPSA) is 45.6 Å². The summed E-state index contributed by atoms with van der Waals surface area (Å²) in [7, 11) is 2.18. The van der Waals surface area contributed by atoms with Crippen molar-refractivity contribution in [2.75, 3.05) is 33.2 Å². The van der Waals surface area contributed by atoms with E-state index in [4.69, 9.17) is 10.2 Å². The molecule has 0 bridgehead atoms. The maximum Gasteiger partial charge on any atom is 0.117 e. The SMILES string of the molecule is CCN(Cc1ccco1)C1(CN)CCCN(C)C1. The first-order valence-corrected chi connectivity index (χ1v) is 6.86. The summed E-state index contributed by atoms with van der Waals surface area (Å²) >= 11 is 0. The van der Waals surface area contributed by atoms with Gasteiger partial charge in [0.25, 0.3) is 0 Å². The molecular weight excluding hydrogens is 226 g/mol. The van der Waals surface area contributed by atoms with Crippen molar-refractivity contribution >= 4 is 0 Å². The summed E-state index contributed by atoms with van der Waals surface area (Å²) in [6, 6.07) is 3.99. The molecule has 1 aliphatic heterocycles. The van der Waals surface area contributed by atoms with Gasteiger partial charge in [-0.2, -0.15) is 0 Å². The number of rotatable bonds is 5. The van der Waals surface area contributed by atoms with Crippen molar-refractivity contribution in [3.63, 3.8) is 0 Å². The van der Waals surface area contributed by atoms with Gasteiger partial charge in [-0.25, -0.2) is 0 Å². The Kier molecular flexibility index (Phi) is 4.43. The molecule has 4 nitrogen and oxygen atoms in total. The molecule has 1 saturated heterocycles. The van der Waals surface area contributed by atoms with Gasteiger partial charge in [-0.1, -0.05) is 6.92 Å². The number of nitrogens with two attached hydrogens (primary N) is 1. The third-order valence-corrected chi connectivity index (χ3v) is 4.11. The minimum Gasteiger partial charge on any atom is -0.468 e. The maximum absolute atomic E-state index is 6.11. The highest BCUT2D eigenvalue weighted by Gasteiger charge is 2.38. The third-order valence-electron chi connectivity index (χ3n) is 4.11. The summed E-state index contributed by atoms with van der Waals surface area (Å²) in [5, 5.41) is 0. The second-order valence-corrected chi connectivity index (χ2v) is 5.36. The lowest BCUT2D eigenvalue weighted by atomic mass is 9.87. The van der Waals surface area contributed by atoms with Gasteiger partial charge in [0, 0.05) is 18.6 Å². The Morgan fingerprint density at radius 3 is 2.94 bits per heavy atom. The van der Waals surface area contributed by atoms with Crippen molar-refractivity contribution in [2.45, 2.75) is 31.8 Å². The summed E-state index contributed by atoms with van der Waals surface area (Å²) in [6.07, 6.45) is 4.15.